The highest BCUT2D eigenvalue weighted by Crippen LogP contribution is 2.28. The number of ketones is 2. The Labute approximate surface area is 171 Å². The molecule has 2 heterocycles. The summed E-state index contributed by atoms with van der Waals surface area (Å²) in [6, 6.07) is 14.8. The molecular weight excluding hydrogens is 386 g/mol. The van der Waals surface area contributed by atoms with Gasteiger partial charge in [-0.25, -0.2) is 0 Å². The Morgan fingerprint density at radius 1 is 1.00 bits per heavy atom. The molecule has 1 amide bonds. The van der Waals surface area contributed by atoms with Crippen LogP contribution in [0.4, 0.5) is 5.69 Å². The van der Waals surface area contributed by atoms with Gasteiger partial charge in [-0.3, -0.25) is 14.4 Å². The van der Waals surface area contributed by atoms with Crippen LogP contribution in [-0.4, -0.2) is 24.1 Å². The number of fused-ring (bicyclic) bond motifs is 1. The average Bonchev–Trinajstić information content (AvgIpc) is 3.41. The molecule has 0 aliphatic carbocycles. The molecule has 0 radical (unpaired) electrons. The first kappa shape index (κ1) is 19.2. The summed E-state index contributed by atoms with van der Waals surface area (Å²) < 4.78 is 16.2. The molecule has 0 spiro atoms. The van der Waals surface area contributed by atoms with Gasteiger partial charge >= 0.3 is 0 Å². The normalized spacial score (nSPS) is 10.7. The number of carbonyl (C=O) groups is 3. The lowest BCUT2D eigenvalue weighted by Crippen LogP contribution is -2.12. The summed E-state index contributed by atoms with van der Waals surface area (Å²) in [4.78, 5) is 36.0. The molecule has 0 saturated heterocycles. The zero-order chi connectivity index (χ0) is 21.1. The van der Waals surface area contributed by atoms with E-state index in [9.17, 15) is 14.4 Å². The van der Waals surface area contributed by atoms with Gasteiger partial charge in [-0.1, -0.05) is 0 Å². The lowest BCUT2D eigenvalue weighted by molar-refractivity contribution is -0.114. The van der Waals surface area contributed by atoms with Crippen LogP contribution in [0.1, 0.15) is 33.4 Å². The third-order valence-corrected chi connectivity index (χ3v) is 4.43. The zero-order valence-electron chi connectivity index (χ0n) is 16.0. The fraction of sp³-hybridized carbons (Fsp3) is 0.0870. The molecule has 2 aromatic carbocycles. The molecule has 0 saturated carbocycles. The Bertz CT molecular complexity index is 1220. The van der Waals surface area contributed by atoms with Crippen molar-refractivity contribution >= 4 is 34.1 Å². The molecule has 0 atom stereocenters. The molecular formula is C23H17NO6. The monoisotopic (exact) mass is 403 g/mol. The number of furan rings is 2. The van der Waals surface area contributed by atoms with E-state index in [1.54, 1.807) is 54.6 Å². The Morgan fingerprint density at radius 2 is 1.80 bits per heavy atom. The van der Waals surface area contributed by atoms with Crippen molar-refractivity contribution in [1.29, 1.82) is 0 Å². The van der Waals surface area contributed by atoms with Crippen LogP contribution in [0, 0.1) is 0 Å². The van der Waals surface area contributed by atoms with E-state index in [0.717, 1.165) is 0 Å². The predicted octanol–water partition coefficient (Wildman–Crippen LogP) is 4.48. The largest absolute Gasteiger partial charge is 0.485 e. The number of rotatable bonds is 7. The highest BCUT2D eigenvalue weighted by Gasteiger charge is 2.18. The molecule has 0 bridgehead atoms. The highest BCUT2D eigenvalue weighted by molar-refractivity contribution is 6.14. The van der Waals surface area contributed by atoms with Gasteiger partial charge in [0.15, 0.2) is 18.2 Å². The van der Waals surface area contributed by atoms with Crippen LogP contribution in [0.2, 0.25) is 0 Å². The first-order valence-corrected chi connectivity index (χ1v) is 9.14. The van der Waals surface area contributed by atoms with E-state index in [2.05, 4.69) is 5.32 Å². The van der Waals surface area contributed by atoms with E-state index >= 15 is 0 Å². The lowest BCUT2D eigenvalue weighted by atomic mass is 10.1. The van der Waals surface area contributed by atoms with Crippen molar-refractivity contribution < 1.29 is 28.0 Å². The average molecular weight is 403 g/mol. The Balaban J connectivity index is 1.47. The Morgan fingerprint density at radius 3 is 2.50 bits per heavy atom. The summed E-state index contributed by atoms with van der Waals surface area (Å²) in [7, 11) is 0. The van der Waals surface area contributed by atoms with Crippen LogP contribution in [0.3, 0.4) is 0 Å². The minimum Gasteiger partial charge on any atom is -0.485 e. The van der Waals surface area contributed by atoms with Crippen molar-refractivity contribution in [3.63, 3.8) is 0 Å². The second-order valence-corrected chi connectivity index (χ2v) is 6.58. The molecule has 7 nitrogen and oxygen atoms in total. The molecule has 0 aliphatic rings. The molecule has 7 heteroatoms. The number of nitrogens with one attached hydrogen (secondary N) is 1. The van der Waals surface area contributed by atoms with Gasteiger partial charge in [0.1, 0.15) is 17.6 Å². The third kappa shape index (κ3) is 4.00. The van der Waals surface area contributed by atoms with Crippen molar-refractivity contribution in [1.82, 2.24) is 0 Å². The topological polar surface area (TPSA) is 98.8 Å². The molecule has 4 rings (SSSR count). The summed E-state index contributed by atoms with van der Waals surface area (Å²) in [5.74, 6) is -0.0609. The Kier molecular flexibility index (Phi) is 5.17. The summed E-state index contributed by atoms with van der Waals surface area (Å²) >= 11 is 0. The van der Waals surface area contributed by atoms with Crippen LogP contribution in [-0.2, 0) is 4.79 Å². The summed E-state index contributed by atoms with van der Waals surface area (Å²) in [6.07, 6.45) is 2.81. The zero-order valence-corrected chi connectivity index (χ0v) is 16.0. The van der Waals surface area contributed by atoms with Gasteiger partial charge in [0.2, 0.25) is 11.7 Å². The number of benzene rings is 2. The lowest BCUT2D eigenvalue weighted by Gasteiger charge is -2.07. The molecule has 4 aromatic rings. The van der Waals surface area contributed by atoms with Crippen molar-refractivity contribution in [2.45, 2.75) is 6.92 Å². The molecule has 2 aromatic heterocycles. The van der Waals surface area contributed by atoms with Crippen molar-refractivity contribution in [2.75, 3.05) is 11.9 Å². The van der Waals surface area contributed by atoms with Gasteiger partial charge in [-0.05, 0) is 54.6 Å². The molecule has 0 unspecified atom stereocenters. The van der Waals surface area contributed by atoms with Gasteiger partial charge in [0, 0.05) is 23.6 Å². The summed E-state index contributed by atoms with van der Waals surface area (Å²) in [6.45, 7) is 1.24. The first-order chi connectivity index (χ1) is 14.5. The van der Waals surface area contributed by atoms with Crippen molar-refractivity contribution in [2.24, 2.45) is 0 Å². The number of ether oxygens (including phenoxy) is 1. The van der Waals surface area contributed by atoms with Gasteiger partial charge in [0.05, 0.1) is 11.8 Å². The Hall–Kier alpha value is -4.13. The van der Waals surface area contributed by atoms with Crippen molar-refractivity contribution in [3.05, 3.63) is 84.0 Å². The first-order valence-electron chi connectivity index (χ1n) is 9.14. The predicted molar refractivity (Wildman–Crippen MR) is 109 cm³/mol. The minimum atomic E-state index is -0.300. The second-order valence-electron chi connectivity index (χ2n) is 6.58. The standard InChI is InChI=1S/C23H17NO6/c1-14(25)24-16-6-4-15(5-7-16)20(26)13-29-17-8-9-21-18(11-17)19(12-30-21)23(27)22-3-2-10-28-22/h2-12H,13H2,1H3,(H,24,25). The number of hydrogen-bond acceptors (Lipinski definition) is 6. The van der Waals surface area contributed by atoms with Gasteiger partial charge in [0.25, 0.3) is 0 Å². The number of anilines is 1. The molecule has 150 valence electrons. The fourth-order valence-electron chi connectivity index (χ4n) is 2.99. The maximum atomic E-state index is 12.6. The summed E-state index contributed by atoms with van der Waals surface area (Å²) in [5, 5.41) is 3.21. The highest BCUT2D eigenvalue weighted by atomic mass is 16.5. The molecule has 0 fully saturated rings. The van der Waals surface area contributed by atoms with Gasteiger partial charge in [-0.15, -0.1) is 0 Å². The maximum Gasteiger partial charge on any atom is 0.232 e. The maximum absolute atomic E-state index is 12.6. The SMILES string of the molecule is CC(=O)Nc1ccc(C(=O)COc2ccc3occ(C(=O)c4ccco4)c3c2)cc1. The van der Waals surface area contributed by atoms with Crippen LogP contribution < -0.4 is 10.1 Å². The van der Waals surface area contributed by atoms with Crippen LogP contribution in [0.25, 0.3) is 11.0 Å². The van der Waals surface area contributed by atoms with E-state index in [1.165, 1.54) is 19.5 Å². The summed E-state index contributed by atoms with van der Waals surface area (Å²) in [5.41, 5.74) is 1.95. The van der Waals surface area contributed by atoms with Crippen molar-refractivity contribution in [3.8, 4) is 5.75 Å². The number of Topliss-reactive ketones (excluding diaryl/α,β-unsaturated/α-hetero) is 1. The van der Waals surface area contributed by atoms with E-state index in [0.29, 0.717) is 33.5 Å². The number of amides is 1. The second kappa shape index (κ2) is 8.08. The number of carbonyl (C=O) groups excluding carboxylic acids is 3. The molecule has 1 N–H and O–H groups in total. The minimum absolute atomic E-state index is 0.176. The fourth-order valence-corrected chi connectivity index (χ4v) is 2.99. The van der Waals surface area contributed by atoms with Crippen LogP contribution in [0.5, 0.6) is 5.75 Å². The van der Waals surface area contributed by atoms with Crippen LogP contribution in [0.15, 0.2) is 76.0 Å². The van der Waals surface area contributed by atoms with Gasteiger partial charge < -0.3 is 18.9 Å². The quantitative estimate of drug-likeness (QED) is 0.457. The van der Waals surface area contributed by atoms with Crippen LogP contribution >= 0.6 is 0 Å². The third-order valence-electron chi connectivity index (χ3n) is 4.43. The smallest absolute Gasteiger partial charge is 0.232 e. The number of hydrogen-bond donors (Lipinski definition) is 1. The molecule has 0 aliphatic heterocycles. The van der Waals surface area contributed by atoms with E-state index < -0.39 is 0 Å². The van der Waals surface area contributed by atoms with E-state index in [-0.39, 0.29) is 29.8 Å². The van der Waals surface area contributed by atoms with E-state index in [1.807, 2.05) is 0 Å². The van der Waals surface area contributed by atoms with Gasteiger partial charge in [-0.2, -0.15) is 0 Å². The molecule has 30 heavy (non-hydrogen) atoms. The van der Waals surface area contributed by atoms with E-state index in [4.69, 9.17) is 13.6 Å².